The van der Waals surface area contributed by atoms with Gasteiger partial charge in [0.2, 0.25) is 11.8 Å². The Morgan fingerprint density at radius 2 is 2.21 bits per heavy atom. The van der Waals surface area contributed by atoms with Crippen LogP contribution in [0.25, 0.3) is 11.3 Å². The molecule has 1 aromatic heterocycles. The average Bonchev–Trinajstić information content (AvgIpc) is 3.10. The van der Waals surface area contributed by atoms with Gasteiger partial charge in [-0.1, -0.05) is 12.1 Å². The van der Waals surface area contributed by atoms with Crippen LogP contribution in [0.1, 0.15) is 19.3 Å². The van der Waals surface area contributed by atoms with E-state index in [9.17, 15) is 13.6 Å². The quantitative estimate of drug-likeness (QED) is 0.931. The minimum Gasteiger partial charge on any atom is -0.497 e. The number of amides is 1. The lowest BCUT2D eigenvalue weighted by Crippen LogP contribution is -2.23. The summed E-state index contributed by atoms with van der Waals surface area (Å²) in [6, 6.07) is 9.12. The van der Waals surface area contributed by atoms with E-state index in [0.717, 1.165) is 5.56 Å². The van der Waals surface area contributed by atoms with E-state index in [-0.39, 0.29) is 25.2 Å². The third kappa shape index (κ3) is 3.39. The number of aromatic nitrogens is 2. The van der Waals surface area contributed by atoms with Gasteiger partial charge in [0, 0.05) is 37.4 Å². The van der Waals surface area contributed by atoms with Crippen LogP contribution in [0.4, 0.5) is 14.6 Å². The topological polar surface area (TPSA) is 56.1 Å². The first-order valence-electron chi connectivity index (χ1n) is 7.75. The molecule has 1 N–H and O–H groups in total. The van der Waals surface area contributed by atoms with E-state index in [0.29, 0.717) is 17.3 Å². The molecule has 1 aromatic carbocycles. The molecule has 2 aromatic rings. The molecule has 1 atom stereocenters. The molecule has 0 bridgehead atoms. The molecule has 128 valence electrons. The van der Waals surface area contributed by atoms with Crippen molar-refractivity contribution in [1.82, 2.24) is 9.78 Å². The van der Waals surface area contributed by atoms with Crippen LogP contribution in [-0.4, -0.2) is 28.7 Å². The zero-order valence-corrected chi connectivity index (χ0v) is 13.6. The van der Waals surface area contributed by atoms with Crippen LogP contribution in [0, 0.1) is 5.92 Å². The van der Waals surface area contributed by atoms with Crippen LogP contribution in [-0.2, 0) is 11.8 Å². The van der Waals surface area contributed by atoms with Gasteiger partial charge in [0.15, 0.2) is 0 Å². The number of hydrogen-bond acceptors (Lipinski definition) is 3. The molecule has 0 radical (unpaired) electrons. The Kier molecular flexibility index (Phi) is 4.26. The lowest BCUT2D eigenvalue weighted by molar-refractivity contribution is -0.120. The number of halogens is 2. The highest BCUT2D eigenvalue weighted by Crippen LogP contribution is 2.39. The second-order valence-corrected chi connectivity index (χ2v) is 6.06. The van der Waals surface area contributed by atoms with Crippen molar-refractivity contribution in [2.45, 2.75) is 25.2 Å². The number of methoxy groups -OCH3 is 1. The predicted octanol–water partition coefficient (Wildman–Crippen LogP) is 3.47. The van der Waals surface area contributed by atoms with Crippen molar-refractivity contribution >= 4 is 11.7 Å². The molecule has 1 saturated carbocycles. The molecule has 1 fully saturated rings. The molecule has 7 heteroatoms. The normalized spacial score (nSPS) is 19.2. The minimum absolute atomic E-state index is 0.208. The van der Waals surface area contributed by atoms with Crippen LogP contribution in [0.3, 0.4) is 0 Å². The highest BCUT2D eigenvalue weighted by molar-refractivity contribution is 5.92. The van der Waals surface area contributed by atoms with Crippen molar-refractivity contribution in [2.24, 2.45) is 13.0 Å². The zero-order chi connectivity index (χ0) is 17.3. The molecule has 3 rings (SSSR count). The second kappa shape index (κ2) is 6.22. The van der Waals surface area contributed by atoms with Gasteiger partial charge in [-0.3, -0.25) is 9.48 Å². The number of anilines is 1. The van der Waals surface area contributed by atoms with Crippen molar-refractivity contribution in [3.63, 3.8) is 0 Å². The van der Waals surface area contributed by atoms with Crippen molar-refractivity contribution in [3.8, 4) is 17.0 Å². The van der Waals surface area contributed by atoms with E-state index in [2.05, 4.69) is 10.4 Å². The van der Waals surface area contributed by atoms with Gasteiger partial charge in [-0.2, -0.15) is 5.10 Å². The monoisotopic (exact) mass is 335 g/mol. The number of nitrogens with zero attached hydrogens (tertiary/aromatic N) is 2. The molecule has 1 heterocycles. The lowest BCUT2D eigenvalue weighted by Gasteiger charge is -2.11. The number of hydrogen-bond donors (Lipinski definition) is 1. The van der Waals surface area contributed by atoms with Crippen molar-refractivity contribution in [3.05, 3.63) is 30.3 Å². The first kappa shape index (κ1) is 16.4. The molecular weight excluding hydrogens is 316 g/mol. The molecule has 0 spiro atoms. The third-order valence-corrected chi connectivity index (χ3v) is 4.27. The molecule has 1 unspecified atom stereocenters. The predicted molar refractivity (Wildman–Crippen MR) is 86.1 cm³/mol. The summed E-state index contributed by atoms with van der Waals surface area (Å²) < 4.78 is 33.2. The standard InChI is InChI=1S/C17H19F2N3O2/c1-22-15(20-16(23)12-6-7-17(18,19)10-12)9-14(21-22)11-4-3-5-13(8-11)24-2/h3-5,8-9,12H,6-7,10H2,1-2H3,(H,20,23). The van der Waals surface area contributed by atoms with E-state index in [1.807, 2.05) is 24.3 Å². The SMILES string of the molecule is COc1cccc(-c2cc(NC(=O)C3CCC(F)(F)C3)n(C)n2)c1. The zero-order valence-electron chi connectivity index (χ0n) is 13.6. The highest BCUT2D eigenvalue weighted by Gasteiger charge is 2.42. The van der Waals surface area contributed by atoms with Gasteiger partial charge in [-0.05, 0) is 18.6 Å². The Morgan fingerprint density at radius 3 is 2.88 bits per heavy atom. The molecule has 0 aliphatic heterocycles. The first-order chi connectivity index (χ1) is 11.4. The maximum atomic E-state index is 13.3. The van der Waals surface area contributed by atoms with Gasteiger partial charge in [-0.25, -0.2) is 8.78 Å². The Bertz CT molecular complexity index is 758. The van der Waals surface area contributed by atoms with E-state index in [1.54, 1.807) is 20.2 Å². The van der Waals surface area contributed by atoms with Crippen molar-refractivity contribution in [2.75, 3.05) is 12.4 Å². The molecule has 1 amide bonds. The summed E-state index contributed by atoms with van der Waals surface area (Å²) in [6.07, 6.45) is -0.412. The molecule has 0 saturated heterocycles. The number of aryl methyl sites for hydroxylation is 1. The fraction of sp³-hybridized carbons (Fsp3) is 0.412. The second-order valence-electron chi connectivity index (χ2n) is 6.06. The van der Waals surface area contributed by atoms with E-state index >= 15 is 0 Å². The first-order valence-corrected chi connectivity index (χ1v) is 7.75. The number of rotatable bonds is 4. The molecule has 1 aliphatic rings. The van der Waals surface area contributed by atoms with E-state index in [4.69, 9.17) is 4.74 Å². The van der Waals surface area contributed by atoms with Crippen LogP contribution in [0.2, 0.25) is 0 Å². The van der Waals surface area contributed by atoms with Gasteiger partial charge in [0.25, 0.3) is 0 Å². The third-order valence-electron chi connectivity index (χ3n) is 4.27. The molecule has 5 nitrogen and oxygen atoms in total. The Labute approximate surface area is 138 Å². The van der Waals surface area contributed by atoms with Gasteiger partial charge >= 0.3 is 0 Å². The lowest BCUT2D eigenvalue weighted by atomic mass is 10.1. The van der Waals surface area contributed by atoms with Crippen LogP contribution in [0.15, 0.2) is 30.3 Å². The number of nitrogens with one attached hydrogen (secondary N) is 1. The summed E-state index contributed by atoms with van der Waals surface area (Å²) >= 11 is 0. The molecule has 1 aliphatic carbocycles. The van der Waals surface area contributed by atoms with Gasteiger partial charge in [0.05, 0.1) is 12.8 Å². The Hall–Kier alpha value is -2.44. The summed E-state index contributed by atoms with van der Waals surface area (Å²) in [5, 5.41) is 7.07. The van der Waals surface area contributed by atoms with Crippen LogP contribution in [0.5, 0.6) is 5.75 Å². The number of ether oxygens (including phenoxy) is 1. The maximum absolute atomic E-state index is 13.3. The Morgan fingerprint density at radius 1 is 1.42 bits per heavy atom. The number of benzene rings is 1. The summed E-state index contributed by atoms with van der Waals surface area (Å²) in [5.41, 5.74) is 1.52. The van der Waals surface area contributed by atoms with Gasteiger partial charge < -0.3 is 10.1 Å². The molecular formula is C17H19F2N3O2. The van der Waals surface area contributed by atoms with Crippen LogP contribution < -0.4 is 10.1 Å². The summed E-state index contributed by atoms with van der Waals surface area (Å²) in [5.74, 6) is -2.59. The van der Waals surface area contributed by atoms with Crippen molar-refractivity contribution < 1.29 is 18.3 Å². The van der Waals surface area contributed by atoms with Crippen LogP contribution >= 0.6 is 0 Å². The fourth-order valence-electron chi connectivity index (χ4n) is 2.91. The highest BCUT2D eigenvalue weighted by atomic mass is 19.3. The summed E-state index contributed by atoms with van der Waals surface area (Å²) in [4.78, 5) is 12.2. The number of carbonyl (C=O) groups is 1. The van der Waals surface area contributed by atoms with Gasteiger partial charge in [-0.15, -0.1) is 0 Å². The van der Waals surface area contributed by atoms with Gasteiger partial charge in [0.1, 0.15) is 11.6 Å². The Balaban J connectivity index is 1.76. The van der Waals surface area contributed by atoms with E-state index < -0.39 is 11.8 Å². The number of alkyl halides is 2. The van der Waals surface area contributed by atoms with Crippen molar-refractivity contribution in [1.29, 1.82) is 0 Å². The minimum atomic E-state index is -2.74. The fourth-order valence-corrected chi connectivity index (χ4v) is 2.91. The smallest absolute Gasteiger partial charge is 0.248 e. The average molecular weight is 335 g/mol. The largest absolute Gasteiger partial charge is 0.497 e. The number of carbonyl (C=O) groups excluding carboxylic acids is 1. The maximum Gasteiger partial charge on any atom is 0.248 e. The summed E-state index contributed by atoms with van der Waals surface area (Å²) in [6.45, 7) is 0. The van der Waals surface area contributed by atoms with E-state index in [1.165, 1.54) is 4.68 Å². The molecule has 24 heavy (non-hydrogen) atoms. The summed E-state index contributed by atoms with van der Waals surface area (Å²) in [7, 11) is 3.28.